The zero-order valence-electron chi connectivity index (χ0n) is 13.2. The fourth-order valence-electron chi connectivity index (χ4n) is 2.61. The first kappa shape index (κ1) is 17.8. The molecule has 0 bridgehead atoms. The third-order valence-electron chi connectivity index (χ3n) is 3.96. The normalized spacial score (nSPS) is 14.7. The summed E-state index contributed by atoms with van der Waals surface area (Å²) >= 11 is 7.06. The van der Waals surface area contributed by atoms with Crippen molar-refractivity contribution in [2.45, 2.75) is 6.54 Å². The van der Waals surface area contributed by atoms with Crippen molar-refractivity contribution < 1.29 is 14.0 Å². The Bertz CT molecular complexity index is 805. The summed E-state index contributed by atoms with van der Waals surface area (Å²) in [6.07, 6.45) is 0. The summed E-state index contributed by atoms with van der Waals surface area (Å²) < 4.78 is 13.9. The van der Waals surface area contributed by atoms with E-state index in [0.717, 1.165) is 6.07 Å². The van der Waals surface area contributed by atoms with Crippen molar-refractivity contribution in [1.82, 2.24) is 14.8 Å². The topological polar surface area (TPSA) is 79.5 Å². The van der Waals surface area contributed by atoms with Gasteiger partial charge in [-0.2, -0.15) is 0 Å². The molecule has 3 rings (SSSR count). The van der Waals surface area contributed by atoms with Crippen molar-refractivity contribution in [2.24, 2.45) is 5.73 Å². The smallest absolute Gasteiger partial charge is 0.273 e. The van der Waals surface area contributed by atoms with Crippen LogP contribution in [0.2, 0.25) is 5.02 Å². The molecule has 0 radical (unpaired) electrons. The van der Waals surface area contributed by atoms with E-state index in [1.165, 1.54) is 28.4 Å². The first-order valence-corrected chi connectivity index (χ1v) is 8.93. The van der Waals surface area contributed by atoms with Crippen molar-refractivity contribution in [3.63, 3.8) is 0 Å². The zero-order chi connectivity index (χ0) is 18.0. The third-order valence-corrected chi connectivity index (χ3v) is 5.07. The molecule has 1 saturated heterocycles. The van der Waals surface area contributed by atoms with E-state index in [0.29, 0.717) is 43.4 Å². The van der Waals surface area contributed by atoms with Crippen LogP contribution in [0.1, 0.15) is 25.9 Å². The lowest BCUT2D eigenvalue weighted by molar-refractivity contribution is 0.0530. The molecule has 0 unspecified atom stereocenters. The highest BCUT2D eigenvalue weighted by atomic mass is 35.5. The number of benzene rings is 1. The standard InChI is InChI=1S/C16H16ClFN4O2S/c17-10-1-2-11(12(18)7-10)15(23)21-3-5-22(6-4-21)16(24)13-9-25-14(8-19)20-13/h1-2,7,9H,3-6,8,19H2. The molecule has 1 fully saturated rings. The molecule has 2 aromatic rings. The number of rotatable bonds is 3. The van der Waals surface area contributed by atoms with Crippen molar-refractivity contribution in [1.29, 1.82) is 0 Å². The summed E-state index contributed by atoms with van der Waals surface area (Å²) in [4.78, 5) is 32.2. The molecule has 1 aliphatic heterocycles. The molecule has 1 aliphatic rings. The number of halogens is 2. The van der Waals surface area contributed by atoms with Gasteiger partial charge in [-0.3, -0.25) is 9.59 Å². The summed E-state index contributed by atoms with van der Waals surface area (Å²) in [7, 11) is 0. The molecular weight excluding hydrogens is 367 g/mol. The van der Waals surface area contributed by atoms with Crippen LogP contribution in [0.15, 0.2) is 23.6 Å². The molecule has 1 aromatic carbocycles. The van der Waals surface area contributed by atoms with E-state index < -0.39 is 11.7 Å². The SMILES string of the molecule is NCc1nc(C(=O)N2CCN(C(=O)c3ccc(Cl)cc3F)CC2)cs1. The molecule has 0 atom stereocenters. The van der Waals surface area contributed by atoms with Gasteiger partial charge in [0.2, 0.25) is 0 Å². The summed E-state index contributed by atoms with van der Waals surface area (Å²) in [5, 5.41) is 2.63. The zero-order valence-corrected chi connectivity index (χ0v) is 14.8. The number of thiazole rings is 1. The minimum Gasteiger partial charge on any atom is -0.335 e. The highest BCUT2D eigenvalue weighted by Gasteiger charge is 2.27. The summed E-state index contributed by atoms with van der Waals surface area (Å²) in [6.45, 7) is 1.71. The maximum absolute atomic E-state index is 13.9. The summed E-state index contributed by atoms with van der Waals surface area (Å²) in [6, 6.07) is 3.97. The third kappa shape index (κ3) is 3.81. The van der Waals surface area contributed by atoms with E-state index in [2.05, 4.69) is 4.98 Å². The molecule has 25 heavy (non-hydrogen) atoms. The Morgan fingerprint density at radius 1 is 1.20 bits per heavy atom. The van der Waals surface area contributed by atoms with Crippen molar-refractivity contribution in [2.75, 3.05) is 26.2 Å². The lowest BCUT2D eigenvalue weighted by Gasteiger charge is -2.34. The number of hydrogen-bond donors (Lipinski definition) is 1. The molecule has 0 aliphatic carbocycles. The Hall–Kier alpha value is -2.03. The van der Waals surface area contributed by atoms with Crippen LogP contribution in [0.25, 0.3) is 0 Å². The number of nitrogens with zero attached hydrogens (tertiary/aromatic N) is 3. The van der Waals surface area contributed by atoms with Gasteiger partial charge in [0.15, 0.2) is 0 Å². The van der Waals surface area contributed by atoms with Gasteiger partial charge in [0.25, 0.3) is 11.8 Å². The predicted molar refractivity (Wildman–Crippen MR) is 93.2 cm³/mol. The Morgan fingerprint density at radius 3 is 2.40 bits per heavy atom. The molecule has 1 aromatic heterocycles. The van der Waals surface area contributed by atoms with Gasteiger partial charge in [-0.15, -0.1) is 11.3 Å². The quantitative estimate of drug-likeness (QED) is 0.880. The van der Waals surface area contributed by atoms with Crippen molar-refractivity contribution in [3.8, 4) is 0 Å². The molecule has 0 spiro atoms. The molecule has 2 N–H and O–H groups in total. The first-order valence-electron chi connectivity index (χ1n) is 7.67. The first-order chi connectivity index (χ1) is 12.0. The van der Waals surface area contributed by atoms with Crippen LogP contribution in [-0.4, -0.2) is 52.8 Å². The van der Waals surface area contributed by atoms with E-state index in [1.807, 2.05) is 0 Å². The molecule has 2 amide bonds. The fourth-order valence-corrected chi connectivity index (χ4v) is 3.42. The summed E-state index contributed by atoms with van der Waals surface area (Å²) in [5.74, 6) is -1.23. The number of carbonyl (C=O) groups is 2. The minimum absolute atomic E-state index is 0.0173. The summed E-state index contributed by atoms with van der Waals surface area (Å²) in [5.41, 5.74) is 5.86. The van der Waals surface area contributed by atoms with Crippen molar-refractivity contribution in [3.05, 3.63) is 50.7 Å². The Balaban J connectivity index is 1.63. The average Bonchev–Trinajstić information content (AvgIpc) is 3.10. The van der Waals surface area contributed by atoms with E-state index >= 15 is 0 Å². The van der Waals surface area contributed by atoms with Crippen LogP contribution in [0.4, 0.5) is 4.39 Å². The van der Waals surface area contributed by atoms with Crippen LogP contribution in [-0.2, 0) is 6.54 Å². The second-order valence-corrected chi connectivity index (χ2v) is 6.92. The number of nitrogens with two attached hydrogens (primary N) is 1. The minimum atomic E-state index is -0.646. The van der Waals surface area contributed by atoms with Gasteiger partial charge in [0, 0.05) is 43.1 Å². The Labute approximate surface area is 153 Å². The second-order valence-electron chi connectivity index (χ2n) is 5.54. The number of amides is 2. The van der Waals surface area contributed by atoms with Crippen LogP contribution >= 0.6 is 22.9 Å². The number of aromatic nitrogens is 1. The van der Waals surface area contributed by atoms with Crippen LogP contribution < -0.4 is 5.73 Å². The highest BCUT2D eigenvalue weighted by Crippen LogP contribution is 2.18. The number of piperazine rings is 1. The Morgan fingerprint density at radius 2 is 1.84 bits per heavy atom. The molecule has 0 saturated carbocycles. The van der Waals surface area contributed by atoms with Crippen LogP contribution in [0, 0.1) is 5.82 Å². The molecule has 132 valence electrons. The maximum atomic E-state index is 13.9. The van der Waals surface area contributed by atoms with Gasteiger partial charge in [-0.1, -0.05) is 11.6 Å². The van der Waals surface area contributed by atoms with Crippen LogP contribution in [0.3, 0.4) is 0 Å². The van der Waals surface area contributed by atoms with E-state index in [-0.39, 0.29) is 16.5 Å². The number of carbonyl (C=O) groups excluding carboxylic acids is 2. The van der Waals surface area contributed by atoms with Gasteiger partial charge in [-0.25, -0.2) is 9.37 Å². The molecular formula is C16H16ClFN4O2S. The molecule has 2 heterocycles. The molecule has 6 nitrogen and oxygen atoms in total. The second kappa shape index (κ2) is 7.47. The molecule has 9 heteroatoms. The van der Waals surface area contributed by atoms with Crippen LogP contribution in [0.5, 0.6) is 0 Å². The van der Waals surface area contributed by atoms with Gasteiger partial charge >= 0.3 is 0 Å². The lowest BCUT2D eigenvalue weighted by atomic mass is 10.1. The lowest BCUT2D eigenvalue weighted by Crippen LogP contribution is -2.50. The number of hydrogen-bond acceptors (Lipinski definition) is 5. The van der Waals surface area contributed by atoms with Gasteiger partial charge in [0.05, 0.1) is 5.56 Å². The van der Waals surface area contributed by atoms with Crippen molar-refractivity contribution >= 4 is 34.8 Å². The average molecular weight is 383 g/mol. The van der Waals surface area contributed by atoms with E-state index in [4.69, 9.17) is 17.3 Å². The van der Waals surface area contributed by atoms with E-state index in [1.54, 1.807) is 10.3 Å². The largest absolute Gasteiger partial charge is 0.335 e. The predicted octanol–water partition coefficient (Wildman–Crippen LogP) is 1.99. The van der Waals surface area contributed by atoms with Gasteiger partial charge in [-0.05, 0) is 18.2 Å². The van der Waals surface area contributed by atoms with E-state index in [9.17, 15) is 14.0 Å². The van der Waals surface area contributed by atoms with Gasteiger partial charge in [0.1, 0.15) is 16.5 Å². The highest BCUT2D eigenvalue weighted by molar-refractivity contribution is 7.09. The van der Waals surface area contributed by atoms with Gasteiger partial charge < -0.3 is 15.5 Å². The fraction of sp³-hybridized carbons (Fsp3) is 0.312. The monoisotopic (exact) mass is 382 g/mol. The maximum Gasteiger partial charge on any atom is 0.273 e. The Kier molecular flexibility index (Phi) is 5.31.